The van der Waals surface area contributed by atoms with Gasteiger partial charge in [-0.05, 0) is 47.0 Å². The Labute approximate surface area is 153 Å². The van der Waals surface area contributed by atoms with Crippen molar-refractivity contribution in [3.8, 4) is 5.75 Å². The van der Waals surface area contributed by atoms with Gasteiger partial charge in [-0.1, -0.05) is 42.1 Å². The van der Waals surface area contributed by atoms with Crippen LogP contribution in [0.1, 0.15) is 44.6 Å². The SMILES string of the molecule is CCCCCCC(=O)NNC(=O)COc1c(C)cc(Br)cc1Br. The third kappa shape index (κ3) is 7.83. The van der Waals surface area contributed by atoms with Crippen molar-refractivity contribution in [1.29, 1.82) is 0 Å². The van der Waals surface area contributed by atoms with Gasteiger partial charge in [-0.25, -0.2) is 0 Å². The minimum Gasteiger partial charge on any atom is -0.482 e. The predicted octanol–water partition coefficient (Wildman–Crippen LogP) is 4.02. The number of carbonyl (C=O) groups excluding carboxylic acids is 2. The van der Waals surface area contributed by atoms with Crippen molar-refractivity contribution in [1.82, 2.24) is 10.9 Å². The van der Waals surface area contributed by atoms with Crippen LogP contribution >= 0.6 is 31.9 Å². The van der Waals surface area contributed by atoms with E-state index in [4.69, 9.17) is 4.74 Å². The molecule has 1 aromatic carbocycles. The second-order valence-electron chi connectivity index (χ2n) is 5.23. The molecular formula is C16H22Br2N2O3. The van der Waals surface area contributed by atoms with Crippen LogP contribution in [0.2, 0.25) is 0 Å². The molecule has 5 nitrogen and oxygen atoms in total. The number of unbranched alkanes of at least 4 members (excludes halogenated alkanes) is 3. The number of hydrogen-bond acceptors (Lipinski definition) is 3. The number of carbonyl (C=O) groups is 2. The molecule has 0 bridgehead atoms. The number of aryl methyl sites for hydroxylation is 1. The second-order valence-corrected chi connectivity index (χ2v) is 7.00. The summed E-state index contributed by atoms with van der Waals surface area (Å²) in [5.74, 6) is 0.0193. The Hall–Kier alpha value is -1.08. The first-order valence-electron chi connectivity index (χ1n) is 7.60. The van der Waals surface area contributed by atoms with Crippen LogP contribution in [-0.2, 0) is 9.59 Å². The van der Waals surface area contributed by atoms with Crippen LogP contribution in [0.4, 0.5) is 0 Å². The van der Waals surface area contributed by atoms with E-state index in [0.29, 0.717) is 12.2 Å². The average Bonchev–Trinajstić information content (AvgIpc) is 2.48. The lowest BCUT2D eigenvalue weighted by Gasteiger charge is -2.12. The van der Waals surface area contributed by atoms with Gasteiger partial charge in [0.2, 0.25) is 5.91 Å². The van der Waals surface area contributed by atoms with Crippen LogP contribution in [0.25, 0.3) is 0 Å². The lowest BCUT2D eigenvalue weighted by atomic mass is 10.1. The summed E-state index contributed by atoms with van der Waals surface area (Å²) >= 11 is 6.78. The van der Waals surface area contributed by atoms with Crippen molar-refractivity contribution < 1.29 is 14.3 Å². The summed E-state index contributed by atoms with van der Waals surface area (Å²) in [6.07, 6.45) is 4.52. The third-order valence-corrected chi connectivity index (χ3v) is 4.19. The largest absolute Gasteiger partial charge is 0.482 e. The molecule has 0 fully saturated rings. The maximum absolute atomic E-state index is 11.7. The van der Waals surface area contributed by atoms with Crippen molar-refractivity contribution in [2.45, 2.75) is 46.0 Å². The van der Waals surface area contributed by atoms with Crippen LogP contribution in [0.15, 0.2) is 21.1 Å². The first-order valence-corrected chi connectivity index (χ1v) is 9.18. The summed E-state index contributed by atoms with van der Waals surface area (Å²) in [5.41, 5.74) is 5.65. The number of ether oxygens (including phenoxy) is 1. The second kappa shape index (κ2) is 10.6. The van der Waals surface area contributed by atoms with Crippen molar-refractivity contribution in [3.63, 3.8) is 0 Å². The fourth-order valence-electron chi connectivity index (χ4n) is 1.96. The number of hydrogen-bond donors (Lipinski definition) is 2. The Kier molecular flexibility index (Phi) is 9.24. The highest BCUT2D eigenvalue weighted by Crippen LogP contribution is 2.32. The normalized spacial score (nSPS) is 10.3. The number of hydrazine groups is 1. The van der Waals surface area contributed by atoms with Crippen LogP contribution in [0.3, 0.4) is 0 Å². The van der Waals surface area contributed by atoms with Gasteiger partial charge in [0.15, 0.2) is 6.61 Å². The van der Waals surface area contributed by atoms with E-state index in [-0.39, 0.29) is 12.5 Å². The fraction of sp³-hybridized carbons (Fsp3) is 0.500. The maximum Gasteiger partial charge on any atom is 0.276 e. The molecular weight excluding hydrogens is 428 g/mol. The molecule has 1 rings (SSSR count). The Bertz CT molecular complexity index is 527. The first-order chi connectivity index (χ1) is 10.9. The Morgan fingerprint density at radius 2 is 1.78 bits per heavy atom. The zero-order valence-electron chi connectivity index (χ0n) is 13.4. The van der Waals surface area contributed by atoms with E-state index in [9.17, 15) is 9.59 Å². The zero-order chi connectivity index (χ0) is 17.2. The number of rotatable bonds is 8. The summed E-state index contributed by atoms with van der Waals surface area (Å²) in [4.78, 5) is 23.3. The highest BCUT2D eigenvalue weighted by molar-refractivity contribution is 9.11. The quantitative estimate of drug-likeness (QED) is 0.465. The molecule has 0 saturated heterocycles. The van der Waals surface area contributed by atoms with E-state index in [2.05, 4.69) is 49.6 Å². The monoisotopic (exact) mass is 448 g/mol. The Morgan fingerprint density at radius 3 is 2.43 bits per heavy atom. The van der Waals surface area contributed by atoms with Gasteiger partial charge >= 0.3 is 0 Å². The predicted molar refractivity (Wildman–Crippen MR) is 97.1 cm³/mol. The van der Waals surface area contributed by atoms with E-state index in [1.807, 2.05) is 19.1 Å². The molecule has 2 N–H and O–H groups in total. The smallest absolute Gasteiger partial charge is 0.276 e. The van der Waals surface area contributed by atoms with Gasteiger partial charge < -0.3 is 4.74 Å². The third-order valence-electron chi connectivity index (χ3n) is 3.14. The van der Waals surface area contributed by atoms with Gasteiger partial charge in [0.1, 0.15) is 5.75 Å². The van der Waals surface area contributed by atoms with Crippen LogP contribution in [-0.4, -0.2) is 18.4 Å². The number of nitrogens with one attached hydrogen (secondary N) is 2. The van der Waals surface area contributed by atoms with Gasteiger partial charge in [0.25, 0.3) is 5.91 Å². The first kappa shape index (κ1) is 20.0. The minimum absolute atomic E-state index is 0.169. The van der Waals surface area contributed by atoms with E-state index in [1.54, 1.807) is 0 Å². The van der Waals surface area contributed by atoms with Crippen molar-refractivity contribution >= 4 is 43.7 Å². The molecule has 0 aliphatic carbocycles. The van der Waals surface area contributed by atoms with Gasteiger partial charge in [-0.3, -0.25) is 20.4 Å². The topological polar surface area (TPSA) is 67.4 Å². The van der Waals surface area contributed by atoms with Crippen LogP contribution in [0.5, 0.6) is 5.75 Å². The van der Waals surface area contributed by atoms with E-state index < -0.39 is 5.91 Å². The highest BCUT2D eigenvalue weighted by Gasteiger charge is 2.10. The Balaban J connectivity index is 2.31. The molecule has 0 aliphatic rings. The molecule has 2 amide bonds. The standard InChI is InChI=1S/C16H22Br2N2O3/c1-3-4-5-6-7-14(21)19-20-15(22)10-23-16-11(2)8-12(17)9-13(16)18/h8-9H,3-7,10H2,1-2H3,(H,19,21)(H,20,22). The molecule has 0 atom stereocenters. The molecule has 0 aliphatic heterocycles. The molecule has 0 spiro atoms. The van der Waals surface area contributed by atoms with Crippen LogP contribution in [0, 0.1) is 6.92 Å². The zero-order valence-corrected chi connectivity index (χ0v) is 16.6. The van der Waals surface area contributed by atoms with E-state index >= 15 is 0 Å². The highest BCUT2D eigenvalue weighted by atomic mass is 79.9. The van der Waals surface area contributed by atoms with Crippen LogP contribution < -0.4 is 15.6 Å². The molecule has 0 aromatic heterocycles. The summed E-state index contributed by atoms with van der Waals surface area (Å²) in [5, 5.41) is 0. The summed E-state index contributed by atoms with van der Waals surface area (Å²) in [6.45, 7) is 3.84. The summed E-state index contributed by atoms with van der Waals surface area (Å²) in [6, 6.07) is 3.74. The molecule has 128 valence electrons. The summed E-state index contributed by atoms with van der Waals surface area (Å²) in [7, 11) is 0. The maximum atomic E-state index is 11.7. The molecule has 23 heavy (non-hydrogen) atoms. The molecule has 0 saturated carbocycles. The van der Waals surface area contributed by atoms with Gasteiger partial charge in [-0.2, -0.15) is 0 Å². The van der Waals surface area contributed by atoms with Gasteiger partial charge in [0, 0.05) is 10.9 Å². The Morgan fingerprint density at radius 1 is 1.09 bits per heavy atom. The lowest BCUT2D eigenvalue weighted by Crippen LogP contribution is -2.43. The molecule has 0 unspecified atom stereocenters. The minimum atomic E-state index is -0.402. The molecule has 7 heteroatoms. The van der Waals surface area contributed by atoms with E-state index in [1.165, 1.54) is 0 Å². The number of amides is 2. The van der Waals surface area contributed by atoms with Gasteiger partial charge in [0.05, 0.1) is 4.47 Å². The van der Waals surface area contributed by atoms with Gasteiger partial charge in [-0.15, -0.1) is 0 Å². The van der Waals surface area contributed by atoms with Crippen molar-refractivity contribution in [2.24, 2.45) is 0 Å². The molecule has 1 aromatic rings. The fourth-order valence-corrected chi connectivity index (χ4v) is 3.51. The van der Waals surface area contributed by atoms with Crippen molar-refractivity contribution in [3.05, 3.63) is 26.6 Å². The average molecular weight is 450 g/mol. The van der Waals surface area contributed by atoms with E-state index in [0.717, 1.165) is 40.2 Å². The number of benzene rings is 1. The summed E-state index contributed by atoms with van der Waals surface area (Å²) < 4.78 is 7.18. The molecule has 0 heterocycles. The molecule has 0 radical (unpaired) electrons. The van der Waals surface area contributed by atoms with Crippen molar-refractivity contribution in [2.75, 3.05) is 6.61 Å². The lowest BCUT2D eigenvalue weighted by molar-refractivity contribution is -0.130. The number of halogens is 2.